The number of carboxylic acid groups (broad SMARTS) is 1. The number of thiophene rings is 1. The topological polar surface area (TPSA) is 55.1 Å². The van der Waals surface area contributed by atoms with Crippen LogP contribution < -0.4 is 0 Å². The lowest BCUT2D eigenvalue weighted by Gasteiger charge is -2.03. The SMILES string of the molecule is CC(C)n1cc(C(=O)O)c(-c2cc(Cl)sc2Cl)n1. The number of rotatable bonds is 3. The van der Waals surface area contributed by atoms with Gasteiger partial charge >= 0.3 is 5.97 Å². The maximum absolute atomic E-state index is 11.2. The number of carbonyl (C=O) groups is 1. The van der Waals surface area contributed by atoms with Crippen molar-refractivity contribution in [1.82, 2.24) is 9.78 Å². The summed E-state index contributed by atoms with van der Waals surface area (Å²) in [6.45, 7) is 3.84. The molecule has 2 aromatic heterocycles. The van der Waals surface area contributed by atoms with Crippen LogP contribution in [-0.4, -0.2) is 20.9 Å². The molecule has 2 heterocycles. The van der Waals surface area contributed by atoms with Crippen molar-refractivity contribution in [3.8, 4) is 11.3 Å². The van der Waals surface area contributed by atoms with Gasteiger partial charge in [-0.1, -0.05) is 23.2 Å². The highest BCUT2D eigenvalue weighted by molar-refractivity contribution is 7.20. The predicted octanol–water partition coefficient (Wildman–Crippen LogP) is 4.20. The van der Waals surface area contributed by atoms with E-state index in [2.05, 4.69) is 5.10 Å². The van der Waals surface area contributed by atoms with E-state index >= 15 is 0 Å². The standard InChI is InChI=1S/C11H10Cl2N2O2S/c1-5(2)15-4-7(11(16)17)9(14-15)6-3-8(12)18-10(6)13/h3-5H,1-2H3,(H,16,17). The lowest BCUT2D eigenvalue weighted by atomic mass is 10.1. The van der Waals surface area contributed by atoms with Crippen molar-refractivity contribution >= 4 is 40.5 Å². The van der Waals surface area contributed by atoms with Gasteiger partial charge in [0.25, 0.3) is 0 Å². The monoisotopic (exact) mass is 304 g/mol. The van der Waals surface area contributed by atoms with Crippen LogP contribution in [-0.2, 0) is 0 Å². The highest BCUT2D eigenvalue weighted by atomic mass is 35.5. The molecule has 4 nitrogen and oxygen atoms in total. The van der Waals surface area contributed by atoms with Gasteiger partial charge < -0.3 is 5.11 Å². The van der Waals surface area contributed by atoms with Gasteiger partial charge in [-0.2, -0.15) is 5.10 Å². The molecule has 0 aliphatic carbocycles. The minimum atomic E-state index is -1.03. The molecule has 0 aliphatic heterocycles. The van der Waals surface area contributed by atoms with Crippen molar-refractivity contribution < 1.29 is 9.90 Å². The van der Waals surface area contributed by atoms with E-state index < -0.39 is 5.97 Å². The van der Waals surface area contributed by atoms with E-state index in [-0.39, 0.29) is 11.6 Å². The van der Waals surface area contributed by atoms with Gasteiger partial charge in [-0.3, -0.25) is 4.68 Å². The fourth-order valence-electron chi connectivity index (χ4n) is 1.51. The van der Waals surface area contributed by atoms with Crippen LogP contribution in [0.3, 0.4) is 0 Å². The number of hydrogen-bond donors (Lipinski definition) is 1. The van der Waals surface area contributed by atoms with Crippen LogP contribution in [0.25, 0.3) is 11.3 Å². The summed E-state index contributed by atoms with van der Waals surface area (Å²) >= 11 is 13.1. The Labute approximate surface area is 118 Å². The van der Waals surface area contributed by atoms with Gasteiger partial charge in [0.15, 0.2) is 0 Å². The summed E-state index contributed by atoms with van der Waals surface area (Å²) in [7, 11) is 0. The van der Waals surface area contributed by atoms with Gasteiger partial charge in [0.1, 0.15) is 15.6 Å². The van der Waals surface area contributed by atoms with Gasteiger partial charge in [0.05, 0.1) is 4.34 Å². The molecule has 0 unspecified atom stereocenters. The first-order valence-electron chi connectivity index (χ1n) is 5.17. The average Bonchev–Trinajstić information content (AvgIpc) is 2.81. The van der Waals surface area contributed by atoms with Crippen LogP contribution in [0.2, 0.25) is 8.67 Å². The molecule has 0 radical (unpaired) electrons. The Bertz CT molecular complexity index is 604. The van der Waals surface area contributed by atoms with E-state index in [4.69, 9.17) is 23.2 Å². The Morgan fingerprint density at radius 1 is 1.50 bits per heavy atom. The number of aromatic carboxylic acids is 1. The van der Waals surface area contributed by atoms with E-state index in [9.17, 15) is 9.90 Å². The zero-order chi connectivity index (χ0) is 13.4. The fraction of sp³-hybridized carbons (Fsp3) is 0.273. The van der Waals surface area contributed by atoms with Crippen LogP contribution in [0, 0.1) is 0 Å². The summed E-state index contributed by atoms with van der Waals surface area (Å²) in [6.07, 6.45) is 1.50. The minimum absolute atomic E-state index is 0.0738. The largest absolute Gasteiger partial charge is 0.478 e. The third kappa shape index (κ3) is 2.39. The molecule has 1 N–H and O–H groups in total. The Morgan fingerprint density at radius 2 is 2.17 bits per heavy atom. The van der Waals surface area contributed by atoms with Crippen molar-refractivity contribution in [3.63, 3.8) is 0 Å². The summed E-state index contributed by atoms with van der Waals surface area (Å²) < 4.78 is 2.54. The highest BCUT2D eigenvalue weighted by Crippen LogP contribution is 2.39. The molecule has 2 rings (SSSR count). The quantitative estimate of drug-likeness (QED) is 0.924. The molecule has 0 saturated carbocycles. The molecule has 0 aromatic carbocycles. The average molecular weight is 305 g/mol. The van der Waals surface area contributed by atoms with Crippen LogP contribution in [0.15, 0.2) is 12.3 Å². The van der Waals surface area contributed by atoms with Crippen molar-refractivity contribution in [3.05, 3.63) is 26.5 Å². The number of aromatic nitrogens is 2. The molecular formula is C11H10Cl2N2O2S. The molecule has 0 saturated heterocycles. The van der Waals surface area contributed by atoms with E-state index in [0.717, 1.165) is 0 Å². The molecule has 0 amide bonds. The second kappa shape index (κ2) is 4.91. The summed E-state index contributed by atoms with van der Waals surface area (Å²) in [5.74, 6) is -1.03. The normalized spacial score (nSPS) is 11.2. The zero-order valence-corrected chi connectivity index (χ0v) is 12.0. The third-order valence-corrected chi connectivity index (χ3v) is 3.89. The molecule has 7 heteroatoms. The van der Waals surface area contributed by atoms with E-state index in [1.807, 2.05) is 13.8 Å². The first-order valence-corrected chi connectivity index (χ1v) is 6.75. The zero-order valence-electron chi connectivity index (χ0n) is 9.65. The van der Waals surface area contributed by atoms with E-state index in [1.165, 1.54) is 17.5 Å². The van der Waals surface area contributed by atoms with Crippen molar-refractivity contribution in [2.45, 2.75) is 19.9 Å². The van der Waals surface area contributed by atoms with Crippen LogP contribution in [0.4, 0.5) is 0 Å². The predicted molar refractivity (Wildman–Crippen MR) is 72.9 cm³/mol. The van der Waals surface area contributed by atoms with E-state index in [0.29, 0.717) is 19.9 Å². The number of carboxylic acids is 1. The molecule has 0 spiro atoms. The maximum atomic E-state index is 11.2. The smallest absolute Gasteiger partial charge is 0.339 e. The second-order valence-electron chi connectivity index (χ2n) is 4.01. The first-order chi connectivity index (χ1) is 8.40. The van der Waals surface area contributed by atoms with Crippen molar-refractivity contribution in [2.24, 2.45) is 0 Å². The lowest BCUT2D eigenvalue weighted by Crippen LogP contribution is -2.00. The molecule has 18 heavy (non-hydrogen) atoms. The molecule has 2 aromatic rings. The van der Waals surface area contributed by atoms with Gasteiger partial charge in [0, 0.05) is 17.8 Å². The second-order valence-corrected chi connectivity index (χ2v) is 6.29. The lowest BCUT2D eigenvalue weighted by molar-refractivity contribution is 0.0697. The third-order valence-electron chi connectivity index (χ3n) is 2.40. The Morgan fingerprint density at radius 3 is 2.61 bits per heavy atom. The Kier molecular flexibility index (Phi) is 3.66. The molecule has 0 bridgehead atoms. The molecule has 0 aliphatic rings. The van der Waals surface area contributed by atoms with Crippen molar-refractivity contribution in [2.75, 3.05) is 0 Å². The molecule has 96 valence electrons. The minimum Gasteiger partial charge on any atom is -0.478 e. The highest BCUT2D eigenvalue weighted by Gasteiger charge is 2.21. The van der Waals surface area contributed by atoms with Gasteiger partial charge in [-0.15, -0.1) is 11.3 Å². The Hall–Kier alpha value is -1.04. The van der Waals surface area contributed by atoms with Gasteiger partial charge in [-0.25, -0.2) is 4.79 Å². The first kappa shape index (κ1) is 13.4. The van der Waals surface area contributed by atoms with Crippen LogP contribution >= 0.6 is 34.5 Å². The molecule has 0 fully saturated rings. The molecule has 0 atom stereocenters. The Balaban J connectivity index is 2.62. The number of halogens is 2. The number of nitrogens with zero attached hydrogens (tertiary/aromatic N) is 2. The van der Waals surface area contributed by atoms with Crippen molar-refractivity contribution in [1.29, 1.82) is 0 Å². The summed E-state index contributed by atoms with van der Waals surface area (Å²) in [5, 5.41) is 13.5. The van der Waals surface area contributed by atoms with Gasteiger partial charge in [-0.05, 0) is 19.9 Å². The summed E-state index contributed by atoms with van der Waals surface area (Å²) in [5.41, 5.74) is 1.04. The fourth-order valence-corrected chi connectivity index (χ4v) is 2.98. The van der Waals surface area contributed by atoms with Crippen LogP contribution in [0.1, 0.15) is 30.2 Å². The summed E-state index contributed by atoms with van der Waals surface area (Å²) in [4.78, 5) is 11.2. The van der Waals surface area contributed by atoms with Gasteiger partial charge in [0.2, 0.25) is 0 Å². The van der Waals surface area contributed by atoms with E-state index in [1.54, 1.807) is 10.7 Å². The maximum Gasteiger partial charge on any atom is 0.339 e. The summed E-state index contributed by atoms with van der Waals surface area (Å²) in [6, 6.07) is 1.71. The molecular weight excluding hydrogens is 295 g/mol. The van der Waals surface area contributed by atoms with Crippen LogP contribution in [0.5, 0.6) is 0 Å². The number of hydrogen-bond acceptors (Lipinski definition) is 3.